The topological polar surface area (TPSA) is 17.8 Å². The van der Waals surface area contributed by atoms with Crippen molar-refractivity contribution in [2.45, 2.75) is 37.2 Å². The fraction of sp³-hybridized carbons (Fsp3) is 0.171. The smallest absolute Gasteiger partial charge is 0.116 e. The molecular formula is C35H39BN2Si. The van der Waals surface area contributed by atoms with Gasteiger partial charge in [-0.3, -0.25) is 0 Å². The van der Waals surface area contributed by atoms with Crippen LogP contribution in [0.3, 0.4) is 0 Å². The minimum absolute atomic E-state index is 0.137. The van der Waals surface area contributed by atoms with Crippen LogP contribution in [0.2, 0.25) is 0 Å². The van der Waals surface area contributed by atoms with Crippen molar-refractivity contribution in [2.24, 2.45) is 0 Å². The first-order valence-corrected chi connectivity index (χ1v) is 15.6. The fourth-order valence-corrected chi connectivity index (χ4v) is 7.17. The molecule has 1 heterocycles. The summed E-state index contributed by atoms with van der Waals surface area (Å²) in [5.41, 5.74) is 7.89. The second kappa shape index (κ2) is 14.9. The summed E-state index contributed by atoms with van der Waals surface area (Å²) in [6.45, 7) is 2.25. The molecule has 5 rings (SSSR count). The maximum atomic E-state index is 4.36. The third-order valence-corrected chi connectivity index (χ3v) is 9.69. The average Bonchev–Trinajstić information content (AvgIpc) is 3.56. The lowest BCUT2D eigenvalue weighted by Gasteiger charge is -2.36. The summed E-state index contributed by atoms with van der Waals surface area (Å²) in [5.74, 6) is 0.484. The lowest BCUT2D eigenvalue weighted by Crippen LogP contribution is -2.41. The molecule has 0 saturated heterocycles. The number of allylic oxidation sites excluding steroid dienone is 1. The largest absolute Gasteiger partial charge is 0.326 e. The molecule has 2 nitrogen and oxygen atoms in total. The van der Waals surface area contributed by atoms with Crippen molar-refractivity contribution in [1.82, 2.24) is 9.55 Å². The Hall–Kier alpha value is -3.89. The van der Waals surface area contributed by atoms with Crippen LogP contribution in [0.25, 0.3) is 0 Å². The molecule has 0 atom stereocenters. The van der Waals surface area contributed by atoms with E-state index in [2.05, 4.69) is 164 Å². The first kappa shape index (κ1) is 28.1. The molecule has 0 unspecified atom stereocenters. The molecule has 196 valence electrons. The van der Waals surface area contributed by atoms with E-state index in [1.165, 1.54) is 41.5 Å². The number of benzene rings is 4. The van der Waals surface area contributed by atoms with Gasteiger partial charge in [0.25, 0.3) is 0 Å². The third kappa shape index (κ3) is 7.36. The van der Waals surface area contributed by atoms with Crippen LogP contribution in [-0.4, -0.2) is 26.9 Å². The molecule has 0 N–H and O–H groups in total. The first-order chi connectivity index (χ1) is 19.3. The van der Waals surface area contributed by atoms with Gasteiger partial charge in [-0.1, -0.05) is 147 Å². The predicted octanol–water partition coefficient (Wildman–Crippen LogP) is 6.91. The van der Waals surface area contributed by atoms with Crippen LogP contribution in [-0.2, 0) is 5.16 Å². The Morgan fingerprint density at radius 3 is 1.69 bits per heavy atom. The Kier molecular flexibility index (Phi) is 10.7. The highest BCUT2D eigenvalue weighted by Crippen LogP contribution is 2.33. The maximum absolute atomic E-state index is 4.36. The molecule has 0 aliphatic rings. The summed E-state index contributed by atoms with van der Waals surface area (Å²) < 4.78 is 2.30. The second-order valence-electron chi connectivity index (χ2n) is 9.92. The molecule has 0 aliphatic heterocycles. The predicted molar refractivity (Wildman–Crippen MR) is 172 cm³/mol. The van der Waals surface area contributed by atoms with Crippen LogP contribution in [0.15, 0.2) is 152 Å². The van der Waals surface area contributed by atoms with E-state index in [-0.39, 0.29) is 5.16 Å². The zero-order valence-electron chi connectivity index (χ0n) is 23.2. The van der Waals surface area contributed by atoms with Gasteiger partial charge in [-0.2, -0.15) is 0 Å². The van der Waals surface area contributed by atoms with Crippen LogP contribution in [0, 0.1) is 0 Å². The highest BCUT2D eigenvalue weighted by atomic mass is 28.2. The highest BCUT2D eigenvalue weighted by molar-refractivity contribution is 6.47. The molecular weight excluding hydrogens is 487 g/mol. The van der Waals surface area contributed by atoms with Gasteiger partial charge in [-0.25, -0.2) is 4.98 Å². The summed E-state index contributed by atoms with van der Waals surface area (Å²) in [4.78, 5) is 4.36. The quantitative estimate of drug-likeness (QED) is 0.143. The molecule has 0 spiro atoms. The van der Waals surface area contributed by atoms with Gasteiger partial charge in [-0.05, 0) is 34.5 Å². The lowest BCUT2D eigenvalue weighted by atomic mass is 9.76. The molecule has 1 aromatic heterocycles. The molecule has 4 aromatic carbocycles. The Labute approximate surface area is 237 Å². The zero-order chi connectivity index (χ0) is 27.2. The molecule has 4 heteroatoms. The van der Waals surface area contributed by atoms with Gasteiger partial charge in [0, 0.05) is 12.4 Å². The van der Waals surface area contributed by atoms with Crippen LogP contribution < -0.4 is 0 Å². The number of imidazole rings is 1. The monoisotopic (exact) mass is 526 g/mol. The van der Waals surface area contributed by atoms with Crippen molar-refractivity contribution in [3.8, 4) is 0 Å². The molecule has 0 aliphatic carbocycles. The average molecular weight is 527 g/mol. The van der Waals surface area contributed by atoms with E-state index in [0.717, 1.165) is 0 Å². The van der Waals surface area contributed by atoms with Crippen molar-refractivity contribution in [3.63, 3.8) is 0 Å². The molecule has 5 aromatic rings. The van der Waals surface area contributed by atoms with Gasteiger partial charge >= 0.3 is 0 Å². The number of hydrogen-bond acceptors (Lipinski definition) is 1. The van der Waals surface area contributed by atoms with Crippen LogP contribution >= 0.6 is 0 Å². The van der Waals surface area contributed by atoms with Crippen molar-refractivity contribution in [1.29, 1.82) is 0 Å². The molecule has 0 radical (unpaired) electrons. The molecule has 39 heavy (non-hydrogen) atoms. The number of aromatic nitrogens is 2. The van der Waals surface area contributed by atoms with Crippen LogP contribution in [0.5, 0.6) is 0 Å². The summed E-state index contributed by atoms with van der Waals surface area (Å²) >= 11 is 0. The summed E-state index contributed by atoms with van der Waals surface area (Å²) in [5, 5.41) is -0.137. The normalized spacial score (nSPS) is 11.6. The zero-order valence-corrected chi connectivity index (χ0v) is 24.6. The Bertz CT molecular complexity index is 1280. The van der Waals surface area contributed by atoms with E-state index in [1.54, 1.807) is 0 Å². The lowest BCUT2D eigenvalue weighted by molar-refractivity contribution is 0.596. The molecule has 0 bridgehead atoms. The first-order valence-electron chi connectivity index (χ1n) is 14.1. The Morgan fingerprint density at radius 1 is 0.769 bits per heavy atom. The van der Waals surface area contributed by atoms with Gasteiger partial charge < -0.3 is 4.57 Å². The van der Waals surface area contributed by atoms with E-state index < -0.39 is 9.52 Å². The van der Waals surface area contributed by atoms with E-state index in [9.17, 15) is 0 Å². The van der Waals surface area contributed by atoms with E-state index in [1.807, 2.05) is 12.5 Å². The van der Waals surface area contributed by atoms with Gasteiger partial charge in [0.05, 0.1) is 21.0 Å². The number of nitrogens with zero attached hydrogens (tertiary/aromatic N) is 2. The summed E-state index contributed by atoms with van der Waals surface area (Å²) in [6.07, 6.45) is 12.0. The van der Waals surface area contributed by atoms with E-state index >= 15 is 0 Å². The number of hydrogen-bond donors (Lipinski definition) is 0. The molecule has 0 amide bonds. The number of rotatable bonds is 10. The Balaban J connectivity index is 0.000000212. The summed E-state index contributed by atoms with van der Waals surface area (Å²) in [6, 6.07) is 42.9. The molecule has 0 fully saturated rings. The SMILES string of the molecule is BC(c1ccccc1)c1ccccc1.CCCCC=C[SiH2]C(c1ccccc1)(c1ccccc1)n1ccnc1. The molecule has 0 saturated carbocycles. The van der Waals surface area contributed by atoms with Gasteiger partial charge in [0.2, 0.25) is 0 Å². The third-order valence-electron chi connectivity index (χ3n) is 7.35. The van der Waals surface area contributed by atoms with Crippen molar-refractivity contribution in [2.75, 3.05) is 0 Å². The van der Waals surface area contributed by atoms with Crippen molar-refractivity contribution in [3.05, 3.63) is 174 Å². The van der Waals surface area contributed by atoms with Crippen LogP contribution in [0.4, 0.5) is 0 Å². The minimum atomic E-state index is -0.633. The minimum Gasteiger partial charge on any atom is -0.326 e. The maximum Gasteiger partial charge on any atom is 0.116 e. The van der Waals surface area contributed by atoms with Crippen molar-refractivity contribution < 1.29 is 0 Å². The summed E-state index contributed by atoms with van der Waals surface area (Å²) in [7, 11) is 1.61. The van der Waals surface area contributed by atoms with Crippen LogP contribution in [0.1, 0.15) is 54.3 Å². The van der Waals surface area contributed by atoms with Gasteiger partial charge in [-0.15, -0.1) is 5.70 Å². The van der Waals surface area contributed by atoms with Gasteiger partial charge in [0.15, 0.2) is 0 Å². The van der Waals surface area contributed by atoms with E-state index in [0.29, 0.717) is 5.82 Å². The standard InChI is InChI=1S/C22H26N2Si.C13H13B/c1-2-3-4-11-18-25-22(24-17-16-23-19-24,20-12-7-5-8-13-20)21-14-9-6-10-15-21;14-13(11-7-3-1-4-8-11)12-9-5-2-6-10-12/h5-19H,2-4,25H2,1H3;1-10,13H,14H2. The van der Waals surface area contributed by atoms with E-state index in [4.69, 9.17) is 0 Å². The fourth-order valence-electron chi connectivity index (χ4n) is 5.09. The second-order valence-corrected chi connectivity index (χ2v) is 11.8. The van der Waals surface area contributed by atoms with Crippen molar-refractivity contribution >= 4 is 17.4 Å². The van der Waals surface area contributed by atoms with Gasteiger partial charge in [0.1, 0.15) is 7.85 Å². The number of unbranched alkanes of at least 4 members (excludes halogenated alkanes) is 2. The Morgan fingerprint density at radius 2 is 1.26 bits per heavy atom. The highest BCUT2D eigenvalue weighted by Gasteiger charge is 2.34.